The van der Waals surface area contributed by atoms with Crippen LogP contribution < -0.4 is 5.43 Å². The van der Waals surface area contributed by atoms with Crippen molar-refractivity contribution in [3.63, 3.8) is 0 Å². The smallest absolute Gasteiger partial charge is 0.274 e. The number of hydrogen-bond donors (Lipinski definition) is 1. The molecule has 2 amide bonds. The van der Waals surface area contributed by atoms with E-state index in [1.54, 1.807) is 7.05 Å². The predicted octanol–water partition coefficient (Wildman–Crippen LogP) is 2.19. The van der Waals surface area contributed by atoms with Gasteiger partial charge in [-0.15, -0.1) is 0 Å². The van der Waals surface area contributed by atoms with Crippen LogP contribution >= 0.6 is 11.6 Å². The minimum atomic E-state index is -0.680. The van der Waals surface area contributed by atoms with E-state index in [2.05, 4.69) is 0 Å². The molecule has 2 aliphatic heterocycles. The molecule has 29 heavy (non-hydrogen) atoms. The molecule has 0 saturated heterocycles. The van der Waals surface area contributed by atoms with Gasteiger partial charge in [-0.05, 0) is 17.7 Å². The highest BCUT2D eigenvalue weighted by molar-refractivity contribution is 6.30. The molecule has 1 N–H and O–H groups in total. The fraction of sp³-hybridized carbons (Fsp3) is 0.350. The molecule has 3 heterocycles. The van der Waals surface area contributed by atoms with Gasteiger partial charge >= 0.3 is 0 Å². The van der Waals surface area contributed by atoms with E-state index in [-0.39, 0.29) is 53.4 Å². The van der Waals surface area contributed by atoms with Crippen LogP contribution in [0.15, 0.2) is 23.0 Å². The van der Waals surface area contributed by atoms with Crippen molar-refractivity contribution < 1.29 is 19.1 Å². The second-order valence-electron chi connectivity index (χ2n) is 7.50. The zero-order valence-electron chi connectivity index (χ0n) is 15.9. The zero-order valence-corrected chi connectivity index (χ0v) is 16.7. The molecule has 7 nitrogen and oxygen atoms in total. The van der Waals surface area contributed by atoms with E-state index in [4.69, 9.17) is 11.6 Å². The highest BCUT2D eigenvalue weighted by atomic mass is 35.5. The quantitative estimate of drug-likeness (QED) is 0.808. The number of halogens is 2. The summed E-state index contributed by atoms with van der Waals surface area (Å²) in [5.41, 5.74) is 0.162. The van der Waals surface area contributed by atoms with Crippen LogP contribution in [0.1, 0.15) is 44.9 Å². The van der Waals surface area contributed by atoms with Gasteiger partial charge in [-0.1, -0.05) is 24.6 Å². The van der Waals surface area contributed by atoms with Crippen molar-refractivity contribution in [3.8, 4) is 5.75 Å². The van der Waals surface area contributed by atoms with Gasteiger partial charge in [0.25, 0.3) is 11.8 Å². The lowest BCUT2D eigenvalue weighted by molar-refractivity contribution is 0.0665. The largest absolute Gasteiger partial charge is 0.503 e. The maximum atomic E-state index is 13.4. The van der Waals surface area contributed by atoms with Gasteiger partial charge in [0.05, 0.1) is 5.02 Å². The number of nitrogens with zero attached hydrogens (tertiary/aromatic N) is 3. The topological polar surface area (TPSA) is 82.8 Å². The lowest BCUT2D eigenvalue weighted by atomic mass is 9.92. The number of carbonyl (C=O) groups excluding carboxylic acids is 2. The molecular weight excluding hydrogens is 401 g/mol. The summed E-state index contributed by atoms with van der Waals surface area (Å²) >= 11 is 5.81. The maximum Gasteiger partial charge on any atom is 0.274 e. The third-order valence-corrected chi connectivity index (χ3v) is 5.80. The Morgan fingerprint density at radius 1 is 1.17 bits per heavy atom. The number of hydrogen-bond acceptors (Lipinski definition) is 4. The standard InChI is InChI=1S/C20H19ClFN3O4/c1-10-8-23(2)19(28)15-14(10)17(26)18(27)16-20(29)24(5-6-25(15)16)9-11-3-4-13(22)12(21)7-11/h3-4,7,10,27H,5-6,8-9H2,1-2H3. The van der Waals surface area contributed by atoms with Crippen molar-refractivity contribution in [1.29, 1.82) is 0 Å². The fourth-order valence-electron chi connectivity index (χ4n) is 4.10. The average molecular weight is 420 g/mol. The Kier molecular flexibility index (Phi) is 4.61. The first kappa shape index (κ1) is 19.4. The molecule has 1 aromatic heterocycles. The monoisotopic (exact) mass is 419 g/mol. The van der Waals surface area contributed by atoms with E-state index in [1.165, 1.54) is 32.6 Å². The lowest BCUT2D eigenvalue weighted by Gasteiger charge is -2.36. The highest BCUT2D eigenvalue weighted by Crippen LogP contribution is 2.31. The minimum Gasteiger partial charge on any atom is -0.503 e. The minimum absolute atomic E-state index is 0.0527. The van der Waals surface area contributed by atoms with Crippen molar-refractivity contribution in [2.45, 2.75) is 25.9 Å². The summed E-state index contributed by atoms with van der Waals surface area (Å²) in [6, 6.07) is 4.16. The zero-order chi connectivity index (χ0) is 21.0. The summed E-state index contributed by atoms with van der Waals surface area (Å²) < 4.78 is 14.8. The molecule has 0 spiro atoms. The molecule has 0 saturated carbocycles. The maximum absolute atomic E-state index is 13.4. The molecule has 2 aliphatic rings. The summed E-state index contributed by atoms with van der Waals surface area (Å²) in [6.45, 7) is 2.82. The van der Waals surface area contributed by atoms with Crippen LogP contribution in [0.5, 0.6) is 5.75 Å². The van der Waals surface area contributed by atoms with Crippen molar-refractivity contribution in [2.75, 3.05) is 20.1 Å². The van der Waals surface area contributed by atoms with Crippen LogP contribution in [0, 0.1) is 5.82 Å². The number of amides is 2. The van der Waals surface area contributed by atoms with Crippen LogP contribution in [0.2, 0.25) is 5.02 Å². The molecule has 152 valence electrons. The second kappa shape index (κ2) is 6.88. The Labute approximate surface area is 170 Å². The van der Waals surface area contributed by atoms with Gasteiger partial charge in [-0.25, -0.2) is 4.39 Å². The van der Waals surface area contributed by atoms with Crippen LogP contribution in [0.25, 0.3) is 0 Å². The molecular formula is C20H19ClFN3O4. The number of rotatable bonds is 2. The van der Waals surface area contributed by atoms with E-state index in [9.17, 15) is 23.9 Å². The van der Waals surface area contributed by atoms with Crippen LogP contribution in [0.3, 0.4) is 0 Å². The van der Waals surface area contributed by atoms with Gasteiger partial charge in [-0.2, -0.15) is 0 Å². The molecule has 0 fully saturated rings. The van der Waals surface area contributed by atoms with E-state index >= 15 is 0 Å². The van der Waals surface area contributed by atoms with Crippen molar-refractivity contribution in [1.82, 2.24) is 14.4 Å². The third kappa shape index (κ3) is 2.98. The average Bonchev–Trinajstić information content (AvgIpc) is 2.67. The number of aromatic hydroxyl groups is 1. The van der Waals surface area contributed by atoms with Crippen molar-refractivity contribution in [2.24, 2.45) is 0 Å². The van der Waals surface area contributed by atoms with Gasteiger partial charge in [0.1, 0.15) is 11.5 Å². The number of benzene rings is 1. The third-order valence-electron chi connectivity index (χ3n) is 5.51. The predicted molar refractivity (Wildman–Crippen MR) is 104 cm³/mol. The van der Waals surface area contributed by atoms with Crippen molar-refractivity contribution in [3.05, 3.63) is 61.8 Å². The number of carbonyl (C=O) groups is 2. The molecule has 4 rings (SSSR count). The number of aromatic nitrogens is 1. The molecule has 2 aromatic rings. The summed E-state index contributed by atoms with van der Waals surface area (Å²) in [7, 11) is 1.64. The molecule has 1 aromatic carbocycles. The van der Waals surface area contributed by atoms with Crippen LogP contribution in [-0.4, -0.2) is 51.4 Å². The number of fused-ring (bicyclic) bond motifs is 3. The van der Waals surface area contributed by atoms with Gasteiger partial charge in [0, 0.05) is 44.7 Å². The Hall–Kier alpha value is -2.87. The van der Waals surface area contributed by atoms with Gasteiger partial charge in [-0.3, -0.25) is 14.4 Å². The Bertz CT molecular complexity index is 1110. The molecule has 9 heteroatoms. The van der Waals surface area contributed by atoms with E-state index in [0.717, 1.165) is 0 Å². The lowest BCUT2D eigenvalue weighted by Crippen LogP contribution is -2.47. The van der Waals surface area contributed by atoms with Crippen LogP contribution in [0.4, 0.5) is 4.39 Å². The first-order valence-corrected chi connectivity index (χ1v) is 9.56. The first-order valence-electron chi connectivity index (χ1n) is 9.19. The summed E-state index contributed by atoms with van der Waals surface area (Å²) in [6.07, 6.45) is 0. The second-order valence-corrected chi connectivity index (χ2v) is 7.91. The SMILES string of the molecule is CC1CN(C)C(=O)c2c1c(=O)c(O)c1n2CCN(Cc2ccc(F)c(Cl)c2)C1=O. The Balaban J connectivity index is 1.78. The van der Waals surface area contributed by atoms with E-state index < -0.39 is 22.9 Å². The fourth-order valence-corrected chi connectivity index (χ4v) is 4.31. The Morgan fingerprint density at radius 3 is 2.59 bits per heavy atom. The summed E-state index contributed by atoms with van der Waals surface area (Å²) in [5, 5.41) is 10.5. The number of pyridine rings is 1. The highest BCUT2D eigenvalue weighted by Gasteiger charge is 2.39. The molecule has 1 atom stereocenters. The number of likely N-dealkylation sites (N-methyl/N-ethyl adjacent to an activating group) is 1. The van der Waals surface area contributed by atoms with Crippen LogP contribution in [-0.2, 0) is 13.1 Å². The molecule has 1 unspecified atom stereocenters. The molecule has 0 aliphatic carbocycles. The van der Waals surface area contributed by atoms with E-state index in [0.29, 0.717) is 12.1 Å². The summed E-state index contributed by atoms with van der Waals surface area (Å²) in [5.74, 6) is -2.36. The molecule has 0 bridgehead atoms. The van der Waals surface area contributed by atoms with Gasteiger partial charge in [0.2, 0.25) is 5.43 Å². The Morgan fingerprint density at radius 2 is 1.90 bits per heavy atom. The summed E-state index contributed by atoms with van der Waals surface area (Å²) in [4.78, 5) is 41.6. The molecule has 0 radical (unpaired) electrons. The van der Waals surface area contributed by atoms with Crippen molar-refractivity contribution >= 4 is 23.4 Å². The van der Waals surface area contributed by atoms with Gasteiger partial charge in [0.15, 0.2) is 11.4 Å². The normalized spacial score (nSPS) is 18.7. The first-order chi connectivity index (χ1) is 13.7. The van der Waals surface area contributed by atoms with E-state index in [1.807, 2.05) is 6.92 Å². The van der Waals surface area contributed by atoms with Gasteiger partial charge < -0.3 is 19.5 Å².